The molecule has 0 aliphatic rings. The van der Waals surface area contributed by atoms with Gasteiger partial charge >= 0.3 is 0 Å². The van der Waals surface area contributed by atoms with E-state index in [9.17, 15) is 4.79 Å². The molecule has 0 unspecified atom stereocenters. The highest BCUT2D eigenvalue weighted by Gasteiger charge is 2.16. The Labute approximate surface area is 311 Å². The summed E-state index contributed by atoms with van der Waals surface area (Å²) in [4.78, 5) is 14.4. The molecule has 0 saturated heterocycles. The maximum absolute atomic E-state index is 13.2. The van der Waals surface area contributed by atoms with E-state index in [1.165, 1.54) is 120 Å². The van der Waals surface area contributed by atoms with E-state index in [2.05, 4.69) is 27.7 Å². The quantitative estimate of drug-likeness (QED) is 0.0320. The molecule has 5 heteroatoms. The predicted octanol–water partition coefficient (Wildman–Crippen LogP) is 14.5. The summed E-state index contributed by atoms with van der Waals surface area (Å²) < 4.78 is 19.4. The molecule has 2 aromatic carbocycles. The lowest BCUT2D eigenvalue weighted by molar-refractivity contribution is 0.104. The molecule has 2 rings (SSSR count). The van der Waals surface area contributed by atoms with Gasteiger partial charge in [-0.25, -0.2) is 0 Å². The molecule has 0 saturated carbocycles. The van der Waals surface area contributed by atoms with Gasteiger partial charge in [0.2, 0.25) is 5.75 Å². The molecule has 0 N–H and O–H groups in total. The number of unbranched alkanes of at least 4 members (excludes halogenated alkanes) is 18. The number of carbonyl (C=O) groups excluding carboxylic acids is 1. The lowest BCUT2D eigenvalue weighted by Crippen LogP contribution is -2.07. The van der Waals surface area contributed by atoms with Crippen LogP contribution in [0.4, 0.5) is 0 Å². The Morgan fingerprint density at radius 3 is 1.40 bits per heavy atom. The minimum absolute atomic E-state index is 0.00705. The molecule has 4 nitrogen and oxygen atoms in total. The third kappa shape index (κ3) is 20.4. The van der Waals surface area contributed by atoms with Gasteiger partial charge in [-0.2, -0.15) is 0 Å². The Bertz CT molecular complexity index is 1100. The van der Waals surface area contributed by atoms with Crippen LogP contribution in [0.1, 0.15) is 185 Å². The van der Waals surface area contributed by atoms with Crippen LogP contribution in [-0.4, -0.2) is 31.4 Å². The molecule has 0 fully saturated rings. The van der Waals surface area contributed by atoms with E-state index >= 15 is 0 Å². The molecule has 2 aromatic rings. The smallest absolute Gasteiger partial charge is 0.203 e. The fraction of sp³-hybridized carbons (Fsp3) is 0.667. The van der Waals surface area contributed by atoms with E-state index in [0.717, 1.165) is 48.5 Å². The van der Waals surface area contributed by atoms with Gasteiger partial charge in [0, 0.05) is 10.5 Å². The standard InChI is InChI=1S/C45H72O4S/c1-5-9-12-15-18-21-24-33-47-43-37-39(27-32-42(46)40-28-30-41(31-29-40)50-36-8-4)38-44(48-34-25-22-19-16-13-10-6-2)45(43)49-35-26-23-20-17-14-11-7-3/h27-32,37-38H,5-26,33-36H2,1-4H3/b32-27+. The Morgan fingerprint density at radius 1 is 0.540 bits per heavy atom. The van der Waals surface area contributed by atoms with E-state index < -0.39 is 0 Å². The Balaban J connectivity index is 2.19. The van der Waals surface area contributed by atoms with Crippen LogP contribution in [0.25, 0.3) is 6.08 Å². The van der Waals surface area contributed by atoms with Gasteiger partial charge in [-0.1, -0.05) is 149 Å². The summed E-state index contributed by atoms with van der Waals surface area (Å²) in [6.07, 6.45) is 30.7. The van der Waals surface area contributed by atoms with Crippen molar-refractivity contribution in [3.63, 3.8) is 0 Å². The average Bonchev–Trinajstić information content (AvgIpc) is 3.13. The largest absolute Gasteiger partial charge is 0.490 e. The molecule has 0 atom stereocenters. The number of carbonyl (C=O) groups is 1. The number of ether oxygens (including phenoxy) is 3. The Kier molecular flexibility index (Phi) is 26.5. The molecule has 0 amide bonds. The zero-order chi connectivity index (χ0) is 35.9. The number of rotatable bonds is 33. The molecule has 0 heterocycles. The summed E-state index contributed by atoms with van der Waals surface area (Å²) in [7, 11) is 0. The van der Waals surface area contributed by atoms with E-state index in [4.69, 9.17) is 14.2 Å². The van der Waals surface area contributed by atoms with Crippen LogP contribution in [0.2, 0.25) is 0 Å². The highest BCUT2D eigenvalue weighted by molar-refractivity contribution is 7.99. The fourth-order valence-electron chi connectivity index (χ4n) is 5.97. The van der Waals surface area contributed by atoms with Crippen molar-refractivity contribution in [1.29, 1.82) is 0 Å². The second-order valence-electron chi connectivity index (χ2n) is 13.8. The summed E-state index contributed by atoms with van der Waals surface area (Å²) in [6, 6.07) is 12.0. The molecule has 0 radical (unpaired) electrons. The average molecular weight is 709 g/mol. The molecule has 0 aliphatic heterocycles. The van der Waals surface area contributed by atoms with Gasteiger partial charge in [-0.15, -0.1) is 11.8 Å². The molecule has 282 valence electrons. The first-order valence-electron chi connectivity index (χ1n) is 20.6. The van der Waals surface area contributed by atoms with Crippen molar-refractivity contribution >= 4 is 23.6 Å². The predicted molar refractivity (Wildman–Crippen MR) is 218 cm³/mol. The zero-order valence-electron chi connectivity index (χ0n) is 32.5. The lowest BCUT2D eigenvalue weighted by atomic mass is 10.1. The van der Waals surface area contributed by atoms with Crippen LogP contribution in [0.3, 0.4) is 0 Å². The van der Waals surface area contributed by atoms with Gasteiger partial charge in [0.15, 0.2) is 17.3 Å². The number of ketones is 1. The van der Waals surface area contributed by atoms with Crippen molar-refractivity contribution in [2.45, 2.75) is 174 Å². The Morgan fingerprint density at radius 2 is 0.960 bits per heavy atom. The second-order valence-corrected chi connectivity index (χ2v) is 15.0. The van der Waals surface area contributed by atoms with Crippen molar-refractivity contribution in [2.24, 2.45) is 0 Å². The van der Waals surface area contributed by atoms with E-state index in [0.29, 0.717) is 31.1 Å². The number of hydrogen-bond donors (Lipinski definition) is 0. The summed E-state index contributed by atoms with van der Waals surface area (Å²) in [5.41, 5.74) is 1.59. The molecule has 50 heavy (non-hydrogen) atoms. The number of allylic oxidation sites excluding steroid dienone is 1. The normalized spacial score (nSPS) is 11.4. The number of benzene rings is 2. The second kappa shape index (κ2) is 30.2. The van der Waals surface area contributed by atoms with Crippen LogP contribution in [0.5, 0.6) is 17.2 Å². The molecule has 0 aliphatic carbocycles. The van der Waals surface area contributed by atoms with Crippen molar-refractivity contribution in [3.8, 4) is 17.2 Å². The highest BCUT2D eigenvalue weighted by Crippen LogP contribution is 2.40. The fourth-order valence-corrected chi connectivity index (χ4v) is 6.74. The number of hydrogen-bond acceptors (Lipinski definition) is 5. The van der Waals surface area contributed by atoms with Crippen molar-refractivity contribution < 1.29 is 19.0 Å². The highest BCUT2D eigenvalue weighted by atomic mass is 32.2. The van der Waals surface area contributed by atoms with Crippen LogP contribution < -0.4 is 14.2 Å². The molecule has 0 aromatic heterocycles. The van der Waals surface area contributed by atoms with Gasteiger partial charge in [-0.3, -0.25) is 4.79 Å². The maximum Gasteiger partial charge on any atom is 0.203 e. The number of thioether (sulfide) groups is 1. The minimum Gasteiger partial charge on any atom is -0.490 e. The third-order valence-electron chi connectivity index (χ3n) is 9.09. The summed E-state index contributed by atoms with van der Waals surface area (Å²) >= 11 is 1.83. The maximum atomic E-state index is 13.2. The first kappa shape index (κ1) is 43.8. The molecule has 0 spiro atoms. The summed E-state index contributed by atoms with van der Waals surface area (Å²) in [5.74, 6) is 3.23. The first-order chi connectivity index (χ1) is 24.6. The minimum atomic E-state index is -0.00705. The lowest BCUT2D eigenvalue weighted by Gasteiger charge is -2.18. The molecular weight excluding hydrogens is 637 g/mol. The topological polar surface area (TPSA) is 44.8 Å². The van der Waals surface area contributed by atoms with Gasteiger partial charge in [-0.05, 0) is 79.5 Å². The van der Waals surface area contributed by atoms with Crippen molar-refractivity contribution in [1.82, 2.24) is 0 Å². The van der Waals surface area contributed by atoms with Crippen LogP contribution in [-0.2, 0) is 0 Å². The van der Waals surface area contributed by atoms with E-state index in [1.807, 2.05) is 54.2 Å². The summed E-state index contributed by atoms with van der Waals surface area (Å²) in [5, 5.41) is 0. The summed E-state index contributed by atoms with van der Waals surface area (Å²) in [6.45, 7) is 10.9. The van der Waals surface area contributed by atoms with Gasteiger partial charge < -0.3 is 14.2 Å². The van der Waals surface area contributed by atoms with E-state index in [1.54, 1.807) is 6.08 Å². The van der Waals surface area contributed by atoms with Crippen LogP contribution in [0.15, 0.2) is 47.4 Å². The van der Waals surface area contributed by atoms with Crippen molar-refractivity contribution in [3.05, 3.63) is 53.6 Å². The monoisotopic (exact) mass is 709 g/mol. The first-order valence-corrected chi connectivity index (χ1v) is 21.6. The van der Waals surface area contributed by atoms with E-state index in [-0.39, 0.29) is 5.78 Å². The van der Waals surface area contributed by atoms with Gasteiger partial charge in [0.1, 0.15) is 0 Å². The molecular formula is C45H72O4S. The van der Waals surface area contributed by atoms with Gasteiger partial charge in [0.05, 0.1) is 19.8 Å². The third-order valence-corrected chi connectivity index (χ3v) is 10.3. The SMILES string of the molecule is CCCCCCCCCOc1cc(/C=C/C(=O)c2ccc(SCCC)cc2)cc(OCCCCCCCCC)c1OCCCCCCCCC. The van der Waals surface area contributed by atoms with Crippen LogP contribution >= 0.6 is 11.8 Å². The zero-order valence-corrected chi connectivity index (χ0v) is 33.4. The van der Waals surface area contributed by atoms with Crippen LogP contribution in [0, 0.1) is 0 Å². The van der Waals surface area contributed by atoms with Crippen molar-refractivity contribution in [2.75, 3.05) is 25.6 Å². The van der Waals surface area contributed by atoms with Gasteiger partial charge in [0.25, 0.3) is 0 Å². The molecule has 0 bridgehead atoms. The Hall–Kier alpha value is -2.40.